The van der Waals surface area contributed by atoms with Gasteiger partial charge in [0, 0.05) is 12.6 Å². The van der Waals surface area contributed by atoms with Gasteiger partial charge in [-0.05, 0) is 23.3 Å². The van der Waals surface area contributed by atoms with Crippen LogP contribution in [0.3, 0.4) is 0 Å². The van der Waals surface area contributed by atoms with Crippen LogP contribution in [-0.4, -0.2) is 31.6 Å². The molecule has 0 radical (unpaired) electrons. The molecule has 3 rings (SSSR count). The van der Waals surface area contributed by atoms with Crippen LogP contribution in [0.1, 0.15) is 11.8 Å². The van der Waals surface area contributed by atoms with Crippen molar-refractivity contribution >= 4 is 5.91 Å². The number of likely N-dealkylation sites (N-methyl/N-ethyl adjacent to an activating group) is 1. The molecule has 0 aromatic heterocycles. The van der Waals surface area contributed by atoms with Gasteiger partial charge >= 0.3 is 0 Å². The highest BCUT2D eigenvalue weighted by Crippen LogP contribution is 2.34. The summed E-state index contributed by atoms with van der Waals surface area (Å²) < 4.78 is 10.8. The van der Waals surface area contributed by atoms with Gasteiger partial charge in [-0.1, -0.05) is 36.4 Å². The summed E-state index contributed by atoms with van der Waals surface area (Å²) in [7, 11) is 3.42. The number of nitrogens with zero attached hydrogens (tertiary/aromatic N) is 1. The zero-order chi connectivity index (χ0) is 14.8. The lowest BCUT2D eigenvalue weighted by Gasteiger charge is -2.21. The molecule has 4 heteroatoms. The molecule has 0 aliphatic carbocycles. The molecule has 4 nitrogen and oxygen atoms in total. The fraction of sp³-hybridized carbons (Fsp3) is 0.235. The van der Waals surface area contributed by atoms with E-state index in [9.17, 15) is 4.79 Å². The van der Waals surface area contributed by atoms with Crippen molar-refractivity contribution in [3.63, 3.8) is 0 Å². The van der Waals surface area contributed by atoms with Crippen LogP contribution in [0, 0.1) is 0 Å². The highest BCUT2D eigenvalue weighted by Gasteiger charge is 2.31. The third-order valence-electron chi connectivity index (χ3n) is 3.74. The van der Waals surface area contributed by atoms with Crippen molar-refractivity contribution in [2.45, 2.75) is 6.23 Å². The third-order valence-corrected chi connectivity index (χ3v) is 3.74. The second kappa shape index (κ2) is 5.58. The number of benzene rings is 2. The number of rotatable bonds is 3. The molecule has 108 valence electrons. The Morgan fingerprint density at radius 2 is 1.86 bits per heavy atom. The zero-order valence-corrected chi connectivity index (χ0v) is 12.1. The van der Waals surface area contributed by atoms with Crippen LogP contribution in [-0.2, 0) is 9.53 Å². The van der Waals surface area contributed by atoms with Gasteiger partial charge in [0.25, 0.3) is 5.91 Å². The monoisotopic (exact) mass is 283 g/mol. The first-order valence-electron chi connectivity index (χ1n) is 6.81. The second-order valence-electron chi connectivity index (χ2n) is 4.98. The fourth-order valence-electron chi connectivity index (χ4n) is 2.54. The summed E-state index contributed by atoms with van der Waals surface area (Å²) in [6, 6.07) is 15.9. The quantitative estimate of drug-likeness (QED) is 0.869. The van der Waals surface area contributed by atoms with Crippen LogP contribution in [0.15, 0.2) is 48.5 Å². The Labute approximate surface area is 123 Å². The molecule has 1 heterocycles. The highest BCUT2D eigenvalue weighted by atomic mass is 16.5. The summed E-state index contributed by atoms with van der Waals surface area (Å²) in [4.78, 5) is 13.3. The normalized spacial score (nSPS) is 18.1. The average molecular weight is 283 g/mol. The maximum absolute atomic E-state index is 11.7. The number of ether oxygens (including phenoxy) is 2. The standard InChI is InChI=1S/C17H17NO3/c1-18-16(19)11-21-17(18)15-6-4-3-5-14(15)12-7-9-13(20-2)10-8-12/h3-10,17H,11H2,1-2H3. The number of amides is 1. The van der Waals surface area contributed by atoms with E-state index in [0.29, 0.717) is 0 Å². The lowest BCUT2D eigenvalue weighted by molar-refractivity contribution is -0.126. The minimum absolute atomic E-state index is 0.00420. The van der Waals surface area contributed by atoms with Gasteiger partial charge in [0.2, 0.25) is 0 Å². The van der Waals surface area contributed by atoms with Crippen LogP contribution in [0.5, 0.6) is 5.75 Å². The topological polar surface area (TPSA) is 38.8 Å². The van der Waals surface area contributed by atoms with Crippen LogP contribution in [0.4, 0.5) is 0 Å². The van der Waals surface area contributed by atoms with E-state index < -0.39 is 0 Å². The van der Waals surface area contributed by atoms with E-state index in [1.807, 2.05) is 48.5 Å². The smallest absolute Gasteiger partial charge is 0.250 e. The molecule has 1 unspecified atom stereocenters. The average Bonchev–Trinajstić information content (AvgIpc) is 2.87. The summed E-state index contributed by atoms with van der Waals surface area (Å²) in [5.74, 6) is 0.824. The molecule has 1 aliphatic rings. The Balaban J connectivity index is 2.01. The van der Waals surface area contributed by atoms with Crippen molar-refractivity contribution in [2.75, 3.05) is 20.8 Å². The molecule has 2 aromatic rings. The van der Waals surface area contributed by atoms with Gasteiger partial charge in [-0.2, -0.15) is 0 Å². The van der Waals surface area contributed by atoms with Crippen molar-refractivity contribution in [1.29, 1.82) is 0 Å². The summed E-state index contributed by atoms with van der Waals surface area (Å²) in [6.45, 7) is 0.137. The molecule has 1 saturated heterocycles. The summed E-state index contributed by atoms with van der Waals surface area (Å²) >= 11 is 0. The van der Waals surface area contributed by atoms with Crippen molar-refractivity contribution in [3.05, 3.63) is 54.1 Å². The Morgan fingerprint density at radius 1 is 1.14 bits per heavy atom. The minimum atomic E-state index is -0.323. The van der Waals surface area contributed by atoms with E-state index in [0.717, 1.165) is 22.4 Å². The van der Waals surface area contributed by atoms with Gasteiger partial charge in [0.05, 0.1) is 7.11 Å². The molecule has 21 heavy (non-hydrogen) atoms. The molecule has 1 aliphatic heterocycles. The van der Waals surface area contributed by atoms with Gasteiger partial charge in [-0.3, -0.25) is 4.79 Å². The third kappa shape index (κ3) is 2.50. The van der Waals surface area contributed by atoms with E-state index in [1.54, 1.807) is 19.1 Å². The molecular formula is C17H17NO3. The van der Waals surface area contributed by atoms with Crippen molar-refractivity contribution < 1.29 is 14.3 Å². The van der Waals surface area contributed by atoms with Crippen molar-refractivity contribution in [3.8, 4) is 16.9 Å². The van der Waals surface area contributed by atoms with Gasteiger partial charge in [0.15, 0.2) is 6.23 Å². The van der Waals surface area contributed by atoms with Crippen LogP contribution in [0.2, 0.25) is 0 Å². The van der Waals surface area contributed by atoms with Gasteiger partial charge in [-0.15, -0.1) is 0 Å². The number of carbonyl (C=O) groups is 1. The Bertz CT molecular complexity index is 651. The Kier molecular flexibility index (Phi) is 3.62. The van der Waals surface area contributed by atoms with Crippen LogP contribution in [0.25, 0.3) is 11.1 Å². The van der Waals surface area contributed by atoms with E-state index in [1.165, 1.54) is 0 Å². The van der Waals surface area contributed by atoms with Crippen LogP contribution < -0.4 is 4.74 Å². The lowest BCUT2D eigenvalue weighted by Crippen LogP contribution is -2.23. The first-order chi connectivity index (χ1) is 10.2. The lowest BCUT2D eigenvalue weighted by atomic mass is 9.98. The molecule has 0 spiro atoms. The molecule has 0 bridgehead atoms. The second-order valence-corrected chi connectivity index (χ2v) is 4.98. The van der Waals surface area contributed by atoms with Crippen molar-refractivity contribution in [1.82, 2.24) is 4.90 Å². The molecule has 1 atom stereocenters. The van der Waals surface area contributed by atoms with Gasteiger partial charge in [-0.25, -0.2) is 0 Å². The Hall–Kier alpha value is -2.33. The molecule has 1 amide bonds. The largest absolute Gasteiger partial charge is 0.497 e. The summed E-state index contributed by atoms with van der Waals surface area (Å²) in [5.41, 5.74) is 3.13. The number of hydrogen-bond acceptors (Lipinski definition) is 3. The fourth-order valence-corrected chi connectivity index (χ4v) is 2.54. The summed E-state index contributed by atoms with van der Waals surface area (Å²) in [5, 5.41) is 0. The summed E-state index contributed by atoms with van der Waals surface area (Å²) in [6.07, 6.45) is -0.323. The molecule has 0 N–H and O–H groups in total. The Morgan fingerprint density at radius 3 is 2.48 bits per heavy atom. The van der Waals surface area contributed by atoms with Crippen LogP contribution >= 0.6 is 0 Å². The highest BCUT2D eigenvalue weighted by molar-refractivity contribution is 5.80. The van der Waals surface area contributed by atoms with E-state index >= 15 is 0 Å². The van der Waals surface area contributed by atoms with E-state index in [2.05, 4.69) is 0 Å². The first kappa shape index (κ1) is 13.6. The molecular weight excluding hydrogens is 266 g/mol. The number of hydrogen-bond donors (Lipinski definition) is 0. The van der Waals surface area contributed by atoms with Gasteiger partial charge < -0.3 is 14.4 Å². The minimum Gasteiger partial charge on any atom is -0.497 e. The maximum atomic E-state index is 11.7. The molecule has 2 aromatic carbocycles. The first-order valence-corrected chi connectivity index (χ1v) is 6.81. The predicted molar refractivity (Wildman–Crippen MR) is 79.9 cm³/mol. The van der Waals surface area contributed by atoms with E-state index in [-0.39, 0.29) is 18.7 Å². The number of methoxy groups -OCH3 is 1. The molecule has 0 saturated carbocycles. The zero-order valence-electron chi connectivity index (χ0n) is 12.1. The van der Waals surface area contributed by atoms with Gasteiger partial charge in [0.1, 0.15) is 12.4 Å². The van der Waals surface area contributed by atoms with E-state index in [4.69, 9.17) is 9.47 Å². The van der Waals surface area contributed by atoms with Crippen molar-refractivity contribution in [2.24, 2.45) is 0 Å². The molecule has 1 fully saturated rings. The number of carbonyl (C=O) groups excluding carboxylic acids is 1. The SMILES string of the molecule is COc1ccc(-c2ccccc2C2OCC(=O)N2C)cc1. The predicted octanol–water partition coefficient (Wildman–Crippen LogP) is 2.85. The maximum Gasteiger partial charge on any atom is 0.250 e.